The predicted octanol–water partition coefficient (Wildman–Crippen LogP) is 2.27. The van der Waals surface area contributed by atoms with Crippen molar-refractivity contribution in [1.29, 1.82) is 0 Å². The molecule has 0 N–H and O–H groups in total. The number of hydrogen-bond acceptors (Lipinski definition) is 7. The Hall–Kier alpha value is -3.32. The Labute approximate surface area is 157 Å². The topological polar surface area (TPSA) is 96.0 Å². The van der Waals surface area contributed by atoms with Gasteiger partial charge in [-0.3, -0.25) is 0 Å². The molecule has 0 radical (unpaired) electrons. The van der Waals surface area contributed by atoms with Gasteiger partial charge in [0.25, 0.3) is 0 Å². The molecule has 0 amide bonds. The standard InChI is InChI=1S/C9H6O3.C9H8O3.C2H6O/c10-8-6-4-2-1-3-5-7(6)9(11)12-8;1-3-5-7-6(4-2)8(10)12-9(7)11;1-3-2/h2-5H,1H2;3-5H,1H2,2H3;1-2H3/b;6-4+,7-5+;. The third-order valence-electron chi connectivity index (χ3n) is 3.25. The lowest BCUT2D eigenvalue weighted by atomic mass is 10.1. The van der Waals surface area contributed by atoms with E-state index >= 15 is 0 Å². The zero-order valence-electron chi connectivity index (χ0n) is 15.3. The van der Waals surface area contributed by atoms with Crippen molar-refractivity contribution < 1.29 is 33.4 Å². The molecule has 0 unspecified atom stereocenters. The highest BCUT2D eigenvalue weighted by Crippen LogP contribution is 2.22. The number of ether oxygens (including phenoxy) is 3. The van der Waals surface area contributed by atoms with Crippen LogP contribution in [-0.2, 0) is 33.4 Å². The molecular weight excluding hydrogens is 352 g/mol. The Bertz CT molecular complexity index is 769. The van der Waals surface area contributed by atoms with Crippen molar-refractivity contribution in [2.45, 2.75) is 13.3 Å². The van der Waals surface area contributed by atoms with Crippen molar-refractivity contribution in [2.75, 3.05) is 14.2 Å². The molecule has 1 fully saturated rings. The molecule has 7 heteroatoms. The lowest BCUT2D eigenvalue weighted by molar-refractivity contribution is -0.152. The molecule has 3 rings (SSSR count). The molecule has 3 aliphatic rings. The average Bonchev–Trinajstić information content (AvgIpc) is 2.93. The van der Waals surface area contributed by atoms with Gasteiger partial charge in [-0.2, -0.15) is 0 Å². The summed E-state index contributed by atoms with van der Waals surface area (Å²) in [6.07, 6.45) is 12.1. The first-order valence-corrected chi connectivity index (χ1v) is 7.91. The Balaban J connectivity index is 0.000000236. The van der Waals surface area contributed by atoms with E-state index < -0.39 is 23.9 Å². The summed E-state index contributed by atoms with van der Waals surface area (Å²) < 4.78 is 13.0. The Kier molecular flexibility index (Phi) is 8.55. The SMILES string of the molecule is C=C/C=C1/C(=O)OC(=O)/C1=C/C.COC.O=C1OC(=O)C2=C1C=CCC=C2. The van der Waals surface area contributed by atoms with E-state index in [9.17, 15) is 19.2 Å². The van der Waals surface area contributed by atoms with Crippen molar-refractivity contribution in [2.24, 2.45) is 0 Å². The van der Waals surface area contributed by atoms with Crippen molar-refractivity contribution in [1.82, 2.24) is 0 Å². The number of methoxy groups -OCH3 is 1. The van der Waals surface area contributed by atoms with Crippen LogP contribution in [0.2, 0.25) is 0 Å². The van der Waals surface area contributed by atoms with Crippen LogP contribution in [0.25, 0.3) is 0 Å². The molecular formula is C20H20O7. The van der Waals surface area contributed by atoms with E-state index in [0.717, 1.165) is 6.42 Å². The third-order valence-corrected chi connectivity index (χ3v) is 3.25. The van der Waals surface area contributed by atoms with Crippen LogP contribution in [0.15, 0.2) is 71.4 Å². The molecule has 27 heavy (non-hydrogen) atoms. The summed E-state index contributed by atoms with van der Waals surface area (Å²) in [5.74, 6) is -2.28. The Morgan fingerprint density at radius 1 is 0.889 bits per heavy atom. The Morgan fingerprint density at radius 2 is 1.33 bits per heavy atom. The number of cyclic esters (lactones) is 4. The molecule has 7 nitrogen and oxygen atoms in total. The summed E-state index contributed by atoms with van der Waals surface area (Å²) in [5.41, 5.74) is 1.32. The van der Waals surface area contributed by atoms with Gasteiger partial charge in [0.15, 0.2) is 0 Å². The van der Waals surface area contributed by atoms with E-state index in [1.165, 1.54) is 12.2 Å². The molecule has 142 valence electrons. The monoisotopic (exact) mass is 372 g/mol. The second-order valence-electron chi connectivity index (χ2n) is 5.15. The molecule has 0 bridgehead atoms. The van der Waals surface area contributed by atoms with Gasteiger partial charge in [0, 0.05) is 14.2 Å². The van der Waals surface area contributed by atoms with E-state index in [2.05, 4.69) is 20.8 Å². The maximum Gasteiger partial charge on any atom is 0.346 e. The van der Waals surface area contributed by atoms with Gasteiger partial charge in [0.05, 0.1) is 22.3 Å². The predicted molar refractivity (Wildman–Crippen MR) is 97.1 cm³/mol. The van der Waals surface area contributed by atoms with E-state index in [4.69, 9.17) is 0 Å². The average molecular weight is 372 g/mol. The van der Waals surface area contributed by atoms with Crippen LogP contribution < -0.4 is 0 Å². The van der Waals surface area contributed by atoms with E-state index in [1.807, 2.05) is 12.2 Å². The normalized spacial score (nSPS) is 20.4. The molecule has 0 aromatic rings. The first-order valence-electron chi connectivity index (χ1n) is 7.91. The molecule has 0 saturated carbocycles. The maximum absolute atomic E-state index is 11.0. The fraction of sp³-hybridized carbons (Fsp3) is 0.200. The summed E-state index contributed by atoms with van der Waals surface area (Å²) in [5, 5.41) is 0. The van der Waals surface area contributed by atoms with Gasteiger partial charge in [-0.05, 0) is 19.4 Å². The van der Waals surface area contributed by atoms with Crippen LogP contribution >= 0.6 is 0 Å². The number of esters is 4. The third kappa shape index (κ3) is 5.58. The van der Waals surface area contributed by atoms with Gasteiger partial charge in [0.2, 0.25) is 0 Å². The zero-order valence-corrected chi connectivity index (χ0v) is 15.3. The van der Waals surface area contributed by atoms with Crippen molar-refractivity contribution in [3.63, 3.8) is 0 Å². The maximum atomic E-state index is 11.0. The van der Waals surface area contributed by atoms with Crippen LogP contribution in [0, 0.1) is 0 Å². The molecule has 0 aromatic carbocycles. The smallest absolute Gasteiger partial charge is 0.346 e. The van der Waals surface area contributed by atoms with Gasteiger partial charge in [-0.15, -0.1) is 0 Å². The van der Waals surface area contributed by atoms with Crippen LogP contribution in [0.3, 0.4) is 0 Å². The lowest BCUT2D eigenvalue weighted by Gasteiger charge is -1.87. The second kappa shape index (κ2) is 10.6. The van der Waals surface area contributed by atoms with Gasteiger partial charge < -0.3 is 14.2 Å². The fourth-order valence-electron chi connectivity index (χ4n) is 2.14. The summed E-state index contributed by atoms with van der Waals surface area (Å²) >= 11 is 0. The molecule has 1 saturated heterocycles. The van der Waals surface area contributed by atoms with Crippen LogP contribution in [0.1, 0.15) is 13.3 Å². The second-order valence-corrected chi connectivity index (χ2v) is 5.15. The minimum atomic E-state index is -0.604. The highest BCUT2D eigenvalue weighted by molar-refractivity contribution is 6.18. The number of carbonyl (C=O) groups is 4. The number of rotatable bonds is 1. The minimum absolute atomic E-state index is 0.275. The minimum Gasteiger partial charge on any atom is -0.388 e. The van der Waals surface area contributed by atoms with Gasteiger partial charge >= 0.3 is 23.9 Å². The van der Waals surface area contributed by atoms with E-state index in [0.29, 0.717) is 16.7 Å². The first kappa shape index (κ1) is 21.7. The zero-order chi connectivity index (χ0) is 20.4. The van der Waals surface area contributed by atoms with E-state index in [-0.39, 0.29) is 5.57 Å². The quantitative estimate of drug-likeness (QED) is 0.396. The van der Waals surface area contributed by atoms with Crippen LogP contribution in [0.5, 0.6) is 0 Å². The number of allylic oxidation sites excluding steroid dienone is 5. The molecule has 2 heterocycles. The highest BCUT2D eigenvalue weighted by atomic mass is 16.6. The molecule has 2 aliphatic heterocycles. The number of carbonyl (C=O) groups excluding carboxylic acids is 4. The summed E-state index contributed by atoms with van der Waals surface area (Å²) in [7, 11) is 3.25. The summed E-state index contributed by atoms with van der Waals surface area (Å²) in [6, 6.07) is 0. The first-order chi connectivity index (χ1) is 12.9. The van der Waals surface area contributed by atoms with Gasteiger partial charge in [0.1, 0.15) is 0 Å². The number of hydrogen-bond donors (Lipinski definition) is 0. The molecule has 0 atom stereocenters. The van der Waals surface area contributed by atoms with Gasteiger partial charge in [-0.25, -0.2) is 19.2 Å². The fourth-order valence-corrected chi connectivity index (χ4v) is 2.14. The Morgan fingerprint density at radius 3 is 1.78 bits per heavy atom. The van der Waals surface area contributed by atoms with Crippen LogP contribution in [0.4, 0.5) is 0 Å². The molecule has 0 spiro atoms. The molecule has 1 aliphatic carbocycles. The van der Waals surface area contributed by atoms with Crippen molar-refractivity contribution >= 4 is 23.9 Å². The van der Waals surface area contributed by atoms with E-state index in [1.54, 1.807) is 39.4 Å². The largest absolute Gasteiger partial charge is 0.388 e. The van der Waals surface area contributed by atoms with Crippen LogP contribution in [-0.4, -0.2) is 38.1 Å². The lowest BCUT2D eigenvalue weighted by Crippen LogP contribution is -2.01. The van der Waals surface area contributed by atoms with Gasteiger partial charge in [-0.1, -0.05) is 43.0 Å². The van der Waals surface area contributed by atoms with Crippen molar-refractivity contribution in [3.8, 4) is 0 Å². The summed E-state index contributed by atoms with van der Waals surface area (Å²) in [4.78, 5) is 43.8. The highest BCUT2D eigenvalue weighted by Gasteiger charge is 2.32. The summed E-state index contributed by atoms with van der Waals surface area (Å²) in [6.45, 7) is 5.10. The van der Waals surface area contributed by atoms with Crippen molar-refractivity contribution in [3.05, 3.63) is 71.4 Å². The molecule has 0 aromatic heterocycles.